The van der Waals surface area contributed by atoms with Gasteiger partial charge in [0.15, 0.2) is 0 Å². The van der Waals surface area contributed by atoms with Crippen LogP contribution in [0.2, 0.25) is 0 Å². The minimum atomic E-state index is -0.314. The van der Waals surface area contributed by atoms with Gasteiger partial charge in [-0.1, -0.05) is 6.07 Å². The van der Waals surface area contributed by atoms with Gasteiger partial charge in [0.05, 0.1) is 28.6 Å². The van der Waals surface area contributed by atoms with Gasteiger partial charge in [0.1, 0.15) is 0 Å². The molecule has 5 nitrogen and oxygen atoms in total. The predicted molar refractivity (Wildman–Crippen MR) is 87.6 cm³/mol. The Labute approximate surface area is 136 Å². The molecule has 2 aromatic rings. The van der Waals surface area contributed by atoms with Crippen LogP contribution in [0.15, 0.2) is 17.5 Å². The van der Waals surface area contributed by atoms with E-state index in [2.05, 4.69) is 0 Å². The number of ketones is 1. The molecule has 3 rings (SSSR count). The number of thiophene rings is 2. The lowest BCUT2D eigenvalue weighted by Crippen LogP contribution is -2.36. The number of carbonyl (C=O) groups is 2. The van der Waals surface area contributed by atoms with Gasteiger partial charge >= 0.3 is 6.09 Å². The van der Waals surface area contributed by atoms with Crippen LogP contribution in [0.1, 0.15) is 32.6 Å². The summed E-state index contributed by atoms with van der Waals surface area (Å²) in [4.78, 5) is 27.8. The van der Waals surface area contributed by atoms with Crippen molar-refractivity contribution in [2.45, 2.75) is 19.9 Å². The number of carbonyl (C=O) groups excluding carboxylic acids is 2. The van der Waals surface area contributed by atoms with Crippen molar-refractivity contribution in [1.82, 2.24) is 4.90 Å². The van der Waals surface area contributed by atoms with E-state index in [-0.39, 0.29) is 11.9 Å². The Morgan fingerprint density at radius 1 is 1.45 bits per heavy atom. The Morgan fingerprint density at radius 3 is 2.95 bits per heavy atom. The van der Waals surface area contributed by atoms with Crippen LogP contribution in [0.5, 0.6) is 0 Å². The number of nitrogens with two attached hydrogens (primary N) is 1. The van der Waals surface area contributed by atoms with Crippen LogP contribution in [-0.2, 0) is 17.7 Å². The first-order chi connectivity index (χ1) is 10.6. The lowest BCUT2D eigenvalue weighted by molar-refractivity contribution is 0.102. The Kier molecular flexibility index (Phi) is 4.17. The smallest absolute Gasteiger partial charge is 0.410 e. The van der Waals surface area contributed by atoms with E-state index in [0.717, 1.165) is 10.4 Å². The molecular weight excluding hydrogens is 320 g/mol. The third kappa shape index (κ3) is 2.62. The molecule has 7 heteroatoms. The number of hydrogen-bond acceptors (Lipinski definition) is 6. The fourth-order valence-electron chi connectivity index (χ4n) is 2.58. The Hall–Kier alpha value is -1.86. The molecule has 0 bridgehead atoms. The van der Waals surface area contributed by atoms with Crippen molar-refractivity contribution in [1.29, 1.82) is 0 Å². The van der Waals surface area contributed by atoms with Crippen LogP contribution >= 0.6 is 22.7 Å². The quantitative estimate of drug-likeness (QED) is 0.874. The van der Waals surface area contributed by atoms with Gasteiger partial charge in [-0.25, -0.2) is 4.79 Å². The molecule has 0 unspecified atom stereocenters. The van der Waals surface area contributed by atoms with Crippen molar-refractivity contribution < 1.29 is 14.3 Å². The first kappa shape index (κ1) is 15.1. The number of nitrogens with zero attached hydrogens (tertiary/aromatic N) is 1. The predicted octanol–water partition coefficient (Wildman–Crippen LogP) is 3.14. The minimum Gasteiger partial charge on any atom is -0.450 e. The zero-order valence-corrected chi connectivity index (χ0v) is 13.8. The highest BCUT2D eigenvalue weighted by atomic mass is 32.1. The summed E-state index contributed by atoms with van der Waals surface area (Å²) in [5, 5.41) is 2.42. The molecule has 22 heavy (non-hydrogen) atoms. The number of nitrogen functional groups attached to an aromatic ring is 1. The lowest BCUT2D eigenvalue weighted by atomic mass is 9.99. The maximum atomic E-state index is 12.6. The molecule has 2 aromatic heterocycles. The maximum Gasteiger partial charge on any atom is 0.410 e. The first-order valence-corrected chi connectivity index (χ1v) is 8.71. The van der Waals surface area contributed by atoms with Crippen LogP contribution in [-0.4, -0.2) is 29.9 Å². The van der Waals surface area contributed by atoms with Gasteiger partial charge in [-0.05, 0) is 30.4 Å². The number of rotatable bonds is 3. The first-order valence-electron chi connectivity index (χ1n) is 7.01. The zero-order chi connectivity index (χ0) is 15.7. The summed E-state index contributed by atoms with van der Waals surface area (Å²) in [7, 11) is 0. The maximum absolute atomic E-state index is 12.6. The van der Waals surface area contributed by atoms with E-state index in [0.29, 0.717) is 41.6 Å². The molecule has 0 fully saturated rings. The largest absolute Gasteiger partial charge is 0.450 e. The fraction of sp³-hybridized carbons (Fsp3) is 0.333. The van der Waals surface area contributed by atoms with Crippen LogP contribution in [0.4, 0.5) is 9.80 Å². The molecule has 0 saturated carbocycles. The number of amides is 1. The monoisotopic (exact) mass is 336 g/mol. The summed E-state index contributed by atoms with van der Waals surface area (Å²) in [6.45, 7) is 3.15. The summed E-state index contributed by atoms with van der Waals surface area (Å²) in [6, 6.07) is 3.67. The van der Waals surface area contributed by atoms with E-state index in [4.69, 9.17) is 10.5 Å². The molecule has 3 heterocycles. The van der Waals surface area contributed by atoms with Crippen LogP contribution in [0, 0.1) is 0 Å². The van der Waals surface area contributed by atoms with Crippen molar-refractivity contribution >= 4 is 39.6 Å². The third-order valence-corrected chi connectivity index (χ3v) is 5.50. The minimum absolute atomic E-state index is 0.0189. The lowest BCUT2D eigenvalue weighted by Gasteiger charge is -2.26. The number of hydrogen-bond donors (Lipinski definition) is 1. The zero-order valence-electron chi connectivity index (χ0n) is 12.1. The molecular formula is C15H16N2O3S2. The van der Waals surface area contributed by atoms with E-state index in [1.807, 2.05) is 17.5 Å². The van der Waals surface area contributed by atoms with Crippen LogP contribution in [0.25, 0.3) is 0 Å². The topological polar surface area (TPSA) is 72.6 Å². The average molecular weight is 336 g/mol. The van der Waals surface area contributed by atoms with Crippen molar-refractivity contribution in [2.24, 2.45) is 0 Å². The molecule has 0 aromatic carbocycles. The summed E-state index contributed by atoms with van der Waals surface area (Å²) in [5.74, 6) is -0.0189. The fourth-order valence-corrected chi connectivity index (χ4v) is 4.38. The SMILES string of the molecule is CCOC(=O)N1CCc2c(sc(N)c2C(=O)c2cccs2)C1. The van der Waals surface area contributed by atoms with E-state index >= 15 is 0 Å². The Balaban J connectivity index is 1.88. The highest BCUT2D eigenvalue weighted by Crippen LogP contribution is 2.37. The van der Waals surface area contributed by atoms with Gasteiger partial charge < -0.3 is 15.4 Å². The van der Waals surface area contributed by atoms with Crippen LogP contribution in [0.3, 0.4) is 0 Å². The van der Waals surface area contributed by atoms with Crippen molar-refractivity contribution in [2.75, 3.05) is 18.9 Å². The van der Waals surface area contributed by atoms with Gasteiger partial charge in [-0.15, -0.1) is 22.7 Å². The Bertz CT molecular complexity index is 707. The second-order valence-electron chi connectivity index (χ2n) is 4.92. The van der Waals surface area contributed by atoms with E-state index < -0.39 is 0 Å². The van der Waals surface area contributed by atoms with Gasteiger partial charge in [-0.3, -0.25) is 4.79 Å². The summed E-state index contributed by atoms with van der Waals surface area (Å²) >= 11 is 2.81. The molecule has 1 amide bonds. The van der Waals surface area contributed by atoms with Gasteiger partial charge in [0.2, 0.25) is 5.78 Å². The summed E-state index contributed by atoms with van der Waals surface area (Å²) < 4.78 is 5.03. The highest BCUT2D eigenvalue weighted by Gasteiger charge is 2.29. The number of anilines is 1. The van der Waals surface area contributed by atoms with E-state index in [1.54, 1.807) is 11.8 Å². The molecule has 0 saturated heterocycles. The van der Waals surface area contributed by atoms with Crippen molar-refractivity contribution in [3.8, 4) is 0 Å². The standard InChI is InChI=1S/C15H16N2O3S2/c1-2-20-15(19)17-6-5-9-11(8-17)22-14(16)12(9)13(18)10-4-3-7-21-10/h3-4,7H,2,5-6,8,16H2,1H3. The van der Waals surface area contributed by atoms with E-state index in [1.165, 1.54) is 22.7 Å². The second-order valence-corrected chi connectivity index (χ2v) is 7.00. The number of ether oxygens (including phenoxy) is 1. The van der Waals surface area contributed by atoms with E-state index in [9.17, 15) is 9.59 Å². The van der Waals surface area contributed by atoms with Crippen molar-refractivity contribution in [3.05, 3.63) is 38.4 Å². The molecule has 0 spiro atoms. The Morgan fingerprint density at radius 2 is 2.27 bits per heavy atom. The summed E-state index contributed by atoms with van der Waals surface area (Å²) in [5.41, 5.74) is 7.68. The van der Waals surface area contributed by atoms with Crippen molar-refractivity contribution in [3.63, 3.8) is 0 Å². The highest BCUT2D eigenvalue weighted by molar-refractivity contribution is 7.17. The molecule has 0 atom stereocenters. The molecule has 1 aliphatic rings. The van der Waals surface area contributed by atoms with Gasteiger partial charge in [-0.2, -0.15) is 0 Å². The molecule has 0 aliphatic carbocycles. The number of fused-ring (bicyclic) bond motifs is 1. The molecule has 0 radical (unpaired) electrons. The summed E-state index contributed by atoms with van der Waals surface area (Å²) in [6.07, 6.45) is 0.320. The van der Waals surface area contributed by atoms with Gasteiger partial charge in [0.25, 0.3) is 0 Å². The normalized spacial score (nSPS) is 13.8. The third-order valence-electron chi connectivity index (χ3n) is 3.58. The van der Waals surface area contributed by atoms with Crippen LogP contribution < -0.4 is 5.73 Å². The van der Waals surface area contributed by atoms with Gasteiger partial charge in [0, 0.05) is 11.4 Å². The molecule has 1 aliphatic heterocycles. The average Bonchev–Trinajstić information content (AvgIpc) is 3.13. The molecule has 2 N–H and O–H groups in total. The molecule has 116 valence electrons. The second kappa shape index (κ2) is 6.10.